The number of primary amides is 1. The van der Waals surface area contributed by atoms with Crippen LogP contribution in [0, 0.1) is 25.2 Å². The summed E-state index contributed by atoms with van der Waals surface area (Å²) < 4.78 is 1.77. The number of phenolic OH excluding ortho intramolecular Hbond substituents is 1. The highest BCUT2D eigenvalue weighted by Crippen LogP contribution is 2.42. The summed E-state index contributed by atoms with van der Waals surface area (Å²) in [5.74, 6) is -0.646. The van der Waals surface area contributed by atoms with Crippen molar-refractivity contribution in [2.24, 2.45) is 5.73 Å². The largest absolute Gasteiger partial charge is 0.508 e. The molecule has 0 saturated carbocycles. The number of fused-ring (bicyclic) bond motifs is 1. The summed E-state index contributed by atoms with van der Waals surface area (Å²) in [6.45, 7) is 6.11. The van der Waals surface area contributed by atoms with Gasteiger partial charge in [0.25, 0.3) is 5.91 Å². The van der Waals surface area contributed by atoms with Crippen molar-refractivity contribution >= 4 is 22.6 Å². The fourth-order valence-corrected chi connectivity index (χ4v) is 3.33. The Bertz CT molecular complexity index is 1110. The van der Waals surface area contributed by atoms with Crippen LogP contribution in [0.15, 0.2) is 18.3 Å². The maximum atomic E-state index is 11.9. The summed E-state index contributed by atoms with van der Waals surface area (Å²) in [6.07, 6.45) is 1.68. The predicted octanol–water partition coefficient (Wildman–Crippen LogP) is 2.60. The number of aromatic nitrogens is 2. The normalized spacial score (nSPS) is 10.8. The SMILES string of the molecule is CCn1cc(C#N)c2c(-c3c(C)ccc(O)c3C)c(N)c(C(N)=O)nc21. The molecule has 7 nitrogen and oxygen atoms in total. The Morgan fingerprint density at radius 3 is 2.62 bits per heavy atom. The van der Waals surface area contributed by atoms with Crippen LogP contribution in [0.4, 0.5) is 5.69 Å². The molecule has 0 aliphatic heterocycles. The number of nitriles is 1. The molecule has 0 fully saturated rings. The molecule has 132 valence electrons. The molecule has 3 aromatic rings. The van der Waals surface area contributed by atoms with Gasteiger partial charge in [0, 0.05) is 23.7 Å². The van der Waals surface area contributed by atoms with Crippen molar-refractivity contribution in [2.75, 3.05) is 5.73 Å². The molecule has 0 spiro atoms. The van der Waals surface area contributed by atoms with E-state index in [1.807, 2.05) is 13.8 Å². The summed E-state index contributed by atoms with van der Waals surface area (Å²) in [5.41, 5.74) is 15.3. The Morgan fingerprint density at radius 2 is 2.04 bits per heavy atom. The zero-order valence-corrected chi connectivity index (χ0v) is 14.8. The molecule has 0 bridgehead atoms. The minimum Gasteiger partial charge on any atom is -0.508 e. The van der Waals surface area contributed by atoms with Gasteiger partial charge in [0.05, 0.1) is 11.3 Å². The van der Waals surface area contributed by atoms with E-state index in [9.17, 15) is 15.2 Å². The van der Waals surface area contributed by atoms with Gasteiger partial charge >= 0.3 is 0 Å². The highest BCUT2D eigenvalue weighted by Gasteiger charge is 2.25. The van der Waals surface area contributed by atoms with Gasteiger partial charge in [-0.05, 0) is 43.5 Å². The van der Waals surface area contributed by atoms with E-state index in [2.05, 4.69) is 11.1 Å². The summed E-state index contributed by atoms with van der Waals surface area (Å²) in [6, 6.07) is 5.53. The number of rotatable bonds is 3. The smallest absolute Gasteiger partial charge is 0.269 e. The second kappa shape index (κ2) is 6.08. The molecule has 0 atom stereocenters. The van der Waals surface area contributed by atoms with Crippen LogP contribution in [-0.2, 0) is 6.54 Å². The third kappa shape index (κ3) is 2.35. The molecule has 26 heavy (non-hydrogen) atoms. The molecule has 0 unspecified atom stereocenters. The van der Waals surface area contributed by atoms with E-state index < -0.39 is 5.91 Å². The molecule has 1 aromatic carbocycles. The molecule has 2 aromatic heterocycles. The average molecular weight is 349 g/mol. The standard InChI is InChI=1S/C19H19N5O2/c1-4-24-8-11(7-20)14-15(13-9(2)5-6-12(25)10(13)3)16(21)17(18(22)26)23-19(14)24/h5-6,8,25H,4,21H2,1-3H3,(H2,22,26). The fourth-order valence-electron chi connectivity index (χ4n) is 3.33. The van der Waals surface area contributed by atoms with Crippen LogP contribution in [0.3, 0.4) is 0 Å². The number of hydrogen-bond donors (Lipinski definition) is 3. The molecule has 1 amide bonds. The maximum Gasteiger partial charge on any atom is 0.269 e. The Labute approximate surface area is 150 Å². The number of benzene rings is 1. The third-order valence-electron chi connectivity index (χ3n) is 4.63. The van der Waals surface area contributed by atoms with Crippen LogP contribution in [0.5, 0.6) is 5.75 Å². The van der Waals surface area contributed by atoms with Gasteiger partial charge in [0.1, 0.15) is 17.5 Å². The molecule has 0 saturated heterocycles. The van der Waals surface area contributed by atoms with Crippen LogP contribution in [-0.4, -0.2) is 20.6 Å². The van der Waals surface area contributed by atoms with Gasteiger partial charge in [0.15, 0.2) is 5.69 Å². The van der Waals surface area contributed by atoms with Gasteiger partial charge in [-0.25, -0.2) is 4.98 Å². The van der Waals surface area contributed by atoms with Crippen molar-refractivity contribution in [1.29, 1.82) is 5.26 Å². The Hall–Kier alpha value is -3.53. The van der Waals surface area contributed by atoms with E-state index in [-0.39, 0.29) is 17.1 Å². The molecular weight excluding hydrogens is 330 g/mol. The van der Waals surface area contributed by atoms with Gasteiger partial charge in [-0.2, -0.15) is 5.26 Å². The van der Waals surface area contributed by atoms with Gasteiger partial charge in [0.2, 0.25) is 0 Å². The van der Waals surface area contributed by atoms with Crippen molar-refractivity contribution < 1.29 is 9.90 Å². The summed E-state index contributed by atoms with van der Waals surface area (Å²) in [7, 11) is 0. The highest BCUT2D eigenvalue weighted by molar-refractivity contribution is 6.10. The molecular formula is C19H19N5O2. The number of hydrogen-bond acceptors (Lipinski definition) is 5. The number of carbonyl (C=O) groups excluding carboxylic acids is 1. The molecule has 3 rings (SSSR count). The minimum absolute atomic E-state index is 0.0491. The third-order valence-corrected chi connectivity index (χ3v) is 4.63. The monoisotopic (exact) mass is 349 g/mol. The van der Waals surface area contributed by atoms with E-state index in [0.29, 0.717) is 39.8 Å². The maximum absolute atomic E-state index is 11.9. The number of pyridine rings is 1. The molecule has 0 radical (unpaired) electrons. The van der Waals surface area contributed by atoms with Crippen molar-refractivity contribution in [3.8, 4) is 22.9 Å². The Morgan fingerprint density at radius 1 is 1.35 bits per heavy atom. The van der Waals surface area contributed by atoms with Gasteiger partial charge in [-0.3, -0.25) is 4.79 Å². The van der Waals surface area contributed by atoms with Gasteiger partial charge < -0.3 is 21.1 Å². The van der Waals surface area contributed by atoms with Crippen LogP contribution in [0.2, 0.25) is 0 Å². The summed E-state index contributed by atoms with van der Waals surface area (Å²) in [4.78, 5) is 16.2. The lowest BCUT2D eigenvalue weighted by atomic mass is 9.90. The minimum atomic E-state index is -0.747. The quantitative estimate of drug-likeness (QED) is 0.669. The Kier molecular flexibility index (Phi) is 4.04. The first-order valence-electron chi connectivity index (χ1n) is 8.13. The number of nitrogens with two attached hydrogens (primary N) is 2. The molecule has 2 heterocycles. The first kappa shape index (κ1) is 17.3. The highest BCUT2D eigenvalue weighted by atomic mass is 16.3. The van der Waals surface area contributed by atoms with Crippen LogP contribution in [0.25, 0.3) is 22.2 Å². The topological polar surface area (TPSA) is 131 Å². The molecule has 7 heteroatoms. The first-order valence-corrected chi connectivity index (χ1v) is 8.13. The number of carbonyl (C=O) groups is 1. The summed E-state index contributed by atoms with van der Waals surface area (Å²) >= 11 is 0. The van der Waals surface area contributed by atoms with Gasteiger partial charge in [-0.1, -0.05) is 6.07 Å². The lowest BCUT2D eigenvalue weighted by molar-refractivity contribution is 0.0997. The lowest BCUT2D eigenvalue weighted by Crippen LogP contribution is -2.17. The molecule has 5 N–H and O–H groups in total. The zero-order chi connectivity index (χ0) is 19.2. The van der Waals surface area contributed by atoms with E-state index in [1.165, 1.54) is 0 Å². The second-order valence-corrected chi connectivity index (χ2v) is 6.15. The average Bonchev–Trinajstić information content (AvgIpc) is 2.97. The molecule has 0 aliphatic rings. The van der Waals surface area contributed by atoms with Crippen LogP contribution >= 0.6 is 0 Å². The number of amides is 1. The number of nitrogens with zero attached hydrogens (tertiary/aromatic N) is 3. The zero-order valence-electron chi connectivity index (χ0n) is 14.8. The number of aromatic hydroxyl groups is 1. The van der Waals surface area contributed by atoms with Gasteiger partial charge in [-0.15, -0.1) is 0 Å². The van der Waals surface area contributed by atoms with Crippen LogP contribution in [0.1, 0.15) is 34.1 Å². The van der Waals surface area contributed by atoms with Crippen molar-refractivity contribution in [1.82, 2.24) is 9.55 Å². The summed E-state index contributed by atoms with van der Waals surface area (Å²) in [5, 5.41) is 20.3. The second-order valence-electron chi connectivity index (χ2n) is 6.15. The lowest BCUT2D eigenvalue weighted by Gasteiger charge is -2.17. The number of phenols is 1. The van der Waals surface area contributed by atoms with E-state index >= 15 is 0 Å². The van der Waals surface area contributed by atoms with Crippen molar-refractivity contribution in [3.05, 3.63) is 40.7 Å². The van der Waals surface area contributed by atoms with E-state index in [1.54, 1.807) is 29.8 Å². The van der Waals surface area contributed by atoms with E-state index in [4.69, 9.17) is 11.5 Å². The van der Waals surface area contributed by atoms with E-state index in [0.717, 1.165) is 5.56 Å². The van der Waals surface area contributed by atoms with Crippen molar-refractivity contribution in [2.45, 2.75) is 27.3 Å². The Balaban J connectivity index is 2.63. The van der Waals surface area contributed by atoms with Crippen molar-refractivity contribution in [3.63, 3.8) is 0 Å². The first-order chi connectivity index (χ1) is 12.3. The van der Waals surface area contributed by atoms with Crippen LogP contribution < -0.4 is 11.5 Å². The fraction of sp³-hybridized carbons (Fsp3) is 0.211. The molecule has 0 aliphatic carbocycles. The predicted molar refractivity (Wildman–Crippen MR) is 99.6 cm³/mol. The number of nitrogen functional groups attached to an aromatic ring is 1. The number of aryl methyl sites for hydroxylation is 2. The number of anilines is 1.